The summed E-state index contributed by atoms with van der Waals surface area (Å²) in [5.41, 5.74) is 5.66. The Hall–Kier alpha value is -0.630. The van der Waals surface area contributed by atoms with E-state index in [1.807, 2.05) is 0 Å². The van der Waals surface area contributed by atoms with Crippen LogP contribution >= 0.6 is 11.3 Å². The summed E-state index contributed by atoms with van der Waals surface area (Å²) in [6.45, 7) is 0.523. The molecule has 2 rings (SSSR count). The van der Waals surface area contributed by atoms with Crippen LogP contribution in [0.3, 0.4) is 0 Å². The van der Waals surface area contributed by atoms with Crippen LogP contribution in [0.25, 0.3) is 0 Å². The molecule has 18 heavy (non-hydrogen) atoms. The minimum atomic E-state index is -3.50. The van der Waals surface area contributed by atoms with Gasteiger partial charge in [0.05, 0.1) is 7.11 Å². The molecule has 7 heteroatoms. The van der Waals surface area contributed by atoms with E-state index in [0.29, 0.717) is 12.3 Å². The van der Waals surface area contributed by atoms with Gasteiger partial charge in [0.15, 0.2) is 4.21 Å². The zero-order valence-electron chi connectivity index (χ0n) is 10.3. The summed E-state index contributed by atoms with van der Waals surface area (Å²) in [5, 5.41) is 1.71. The number of rotatable bonds is 5. The van der Waals surface area contributed by atoms with Gasteiger partial charge in [-0.2, -0.15) is 0 Å². The van der Waals surface area contributed by atoms with Crippen LogP contribution in [0.1, 0.15) is 19.3 Å². The molecule has 1 aliphatic rings. The van der Waals surface area contributed by atoms with Gasteiger partial charge in [0.25, 0.3) is 10.0 Å². The van der Waals surface area contributed by atoms with Crippen LogP contribution < -0.4 is 15.2 Å². The van der Waals surface area contributed by atoms with Crippen molar-refractivity contribution < 1.29 is 13.2 Å². The van der Waals surface area contributed by atoms with E-state index in [-0.39, 0.29) is 16.2 Å². The molecule has 0 radical (unpaired) electrons. The van der Waals surface area contributed by atoms with Crippen LogP contribution in [-0.4, -0.2) is 28.1 Å². The first-order valence-corrected chi connectivity index (χ1v) is 8.28. The highest BCUT2D eigenvalue weighted by molar-refractivity contribution is 7.91. The molecule has 1 fully saturated rings. The van der Waals surface area contributed by atoms with Gasteiger partial charge in [-0.1, -0.05) is 6.42 Å². The smallest absolute Gasteiger partial charge is 0.254 e. The summed E-state index contributed by atoms with van der Waals surface area (Å²) in [6, 6.07) is 1.61. The molecule has 2 unspecified atom stereocenters. The quantitative estimate of drug-likeness (QED) is 0.852. The monoisotopic (exact) mass is 290 g/mol. The molecule has 102 valence electrons. The normalized spacial score (nSPS) is 24.3. The van der Waals surface area contributed by atoms with Crippen LogP contribution in [0.4, 0.5) is 0 Å². The molecule has 1 aromatic heterocycles. The Balaban J connectivity index is 2.17. The van der Waals surface area contributed by atoms with Crippen molar-refractivity contribution in [3.63, 3.8) is 0 Å². The van der Waals surface area contributed by atoms with Crippen LogP contribution in [0, 0.1) is 5.92 Å². The lowest BCUT2D eigenvalue weighted by Gasteiger charge is -2.19. The molecule has 0 amide bonds. The average molecular weight is 290 g/mol. The van der Waals surface area contributed by atoms with Crippen molar-refractivity contribution in [2.45, 2.75) is 29.5 Å². The molecule has 0 aromatic carbocycles. The van der Waals surface area contributed by atoms with E-state index in [0.717, 1.165) is 19.3 Å². The lowest BCUT2D eigenvalue weighted by atomic mass is 10.1. The molecule has 0 bridgehead atoms. The predicted molar refractivity (Wildman–Crippen MR) is 71.4 cm³/mol. The van der Waals surface area contributed by atoms with Crippen molar-refractivity contribution in [2.75, 3.05) is 13.7 Å². The van der Waals surface area contributed by atoms with Crippen LogP contribution in [-0.2, 0) is 10.0 Å². The fraction of sp³-hybridized carbons (Fsp3) is 0.636. The molecule has 3 N–H and O–H groups in total. The number of sulfonamides is 1. The Morgan fingerprint density at radius 3 is 3.00 bits per heavy atom. The van der Waals surface area contributed by atoms with Gasteiger partial charge < -0.3 is 10.5 Å². The molecule has 1 heterocycles. The first-order valence-electron chi connectivity index (χ1n) is 5.92. The third-order valence-electron chi connectivity index (χ3n) is 3.33. The van der Waals surface area contributed by atoms with E-state index in [2.05, 4.69) is 4.72 Å². The third kappa shape index (κ3) is 2.69. The topological polar surface area (TPSA) is 81.4 Å². The molecule has 1 saturated carbocycles. The molecule has 1 aliphatic carbocycles. The second-order valence-electron chi connectivity index (χ2n) is 4.43. The Labute approximate surface area is 111 Å². The maximum Gasteiger partial charge on any atom is 0.254 e. The highest BCUT2D eigenvalue weighted by atomic mass is 32.2. The Kier molecular flexibility index (Phi) is 4.26. The summed E-state index contributed by atoms with van der Waals surface area (Å²) in [7, 11) is -2.03. The summed E-state index contributed by atoms with van der Waals surface area (Å²) in [4.78, 5) is 0. The second kappa shape index (κ2) is 5.56. The fourth-order valence-electron chi connectivity index (χ4n) is 2.36. The summed E-state index contributed by atoms with van der Waals surface area (Å²) in [5.74, 6) is 0.639. The van der Waals surface area contributed by atoms with Crippen molar-refractivity contribution in [3.05, 3.63) is 11.4 Å². The average Bonchev–Trinajstić information content (AvgIpc) is 2.95. The van der Waals surface area contributed by atoms with Gasteiger partial charge in [0.2, 0.25) is 0 Å². The van der Waals surface area contributed by atoms with Gasteiger partial charge in [-0.05, 0) is 36.8 Å². The number of nitrogens with one attached hydrogen (secondary N) is 1. The Morgan fingerprint density at radius 2 is 2.33 bits per heavy atom. The lowest BCUT2D eigenvalue weighted by Crippen LogP contribution is -2.39. The van der Waals surface area contributed by atoms with Crippen molar-refractivity contribution in [3.8, 4) is 5.75 Å². The van der Waals surface area contributed by atoms with Crippen LogP contribution in [0.2, 0.25) is 0 Å². The van der Waals surface area contributed by atoms with Crippen molar-refractivity contribution in [1.82, 2.24) is 4.72 Å². The number of thiophene rings is 1. The number of hydrogen-bond donors (Lipinski definition) is 2. The van der Waals surface area contributed by atoms with E-state index in [9.17, 15) is 8.42 Å². The zero-order chi connectivity index (χ0) is 13.2. The van der Waals surface area contributed by atoms with Gasteiger partial charge in [0.1, 0.15) is 5.75 Å². The van der Waals surface area contributed by atoms with Gasteiger partial charge in [-0.3, -0.25) is 0 Å². The maximum atomic E-state index is 12.3. The summed E-state index contributed by atoms with van der Waals surface area (Å²) in [6.07, 6.45) is 2.87. The van der Waals surface area contributed by atoms with E-state index in [4.69, 9.17) is 10.5 Å². The summed E-state index contributed by atoms with van der Waals surface area (Å²) < 4.78 is 32.6. The van der Waals surface area contributed by atoms with Gasteiger partial charge in [-0.15, -0.1) is 11.3 Å². The first-order chi connectivity index (χ1) is 8.58. The molecule has 1 aromatic rings. The summed E-state index contributed by atoms with van der Waals surface area (Å²) >= 11 is 1.17. The number of methoxy groups -OCH3 is 1. The van der Waals surface area contributed by atoms with E-state index < -0.39 is 10.0 Å². The lowest BCUT2D eigenvalue weighted by molar-refractivity contribution is 0.404. The van der Waals surface area contributed by atoms with Crippen LogP contribution in [0.15, 0.2) is 15.7 Å². The van der Waals surface area contributed by atoms with Crippen molar-refractivity contribution >= 4 is 21.4 Å². The molecule has 0 spiro atoms. The van der Waals surface area contributed by atoms with Gasteiger partial charge in [0, 0.05) is 6.04 Å². The zero-order valence-corrected chi connectivity index (χ0v) is 11.9. The fourth-order valence-corrected chi connectivity index (χ4v) is 4.99. The molecular formula is C11H18N2O3S2. The van der Waals surface area contributed by atoms with E-state index in [1.54, 1.807) is 11.4 Å². The molecule has 5 nitrogen and oxygen atoms in total. The largest absolute Gasteiger partial charge is 0.494 e. The first kappa shape index (κ1) is 13.8. The Bertz CT molecular complexity index is 498. The number of ether oxygens (including phenoxy) is 1. The number of nitrogens with two attached hydrogens (primary N) is 1. The molecule has 0 aliphatic heterocycles. The Morgan fingerprint density at radius 1 is 1.56 bits per heavy atom. The minimum absolute atomic E-state index is 0.0493. The number of hydrogen-bond acceptors (Lipinski definition) is 5. The SMILES string of the molecule is COc1ccsc1S(=O)(=O)NC1CCCC1CN. The minimum Gasteiger partial charge on any atom is -0.494 e. The van der Waals surface area contributed by atoms with E-state index >= 15 is 0 Å². The predicted octanol–water partition coefficient (Wildman–Crippen LogP) is 1.16. The second-order valence-corrected chi connectivity index (χ2v) is 7.26. The standard InChI is InChI=1S/C11H18N2O3S2/c1-16-10-5-6-17-11(10)18(14,15)13-9-4-2-3-8(9)7-12/h5-6,8-9,13H,2-4,7,12H2,1H3. The molecule has 2 atom stereocenters. The van der Waals surface area contributed by atoms with Gasteiger partial charge >= 0.3 is 0 Å². The van der Waals surface area contributed by atoms with Crippen molar-refractivity contribution in [1.29, 1.82) is 0 Å². The van der Waals surface area contributed by atoms with Gasteiger partial charge in [-0.25, -0.2) is 13.1 Å². The molecule has 0 saturated heterocycles. The highest BCUT2D eigenvalue weighted by Crippen LogP contribution is 2.32. The van der Waals surface area contributed by atoms with E-state index in [1.165, 1.54) is 18.4 Å². The van der Waals surface area contributed by atoms with Crippen molar-refractivity contribution in [2.24, 2.45) is 11.7 Å². The van der Waals surface area contributed by atoms with Crippen LogP contribution in [0.5, 0.6) is 5.75 Å². The maximum absolute atomic E-state index is 12.3. The molecular weight excluding hydrogens is 272 g/mol. The highest BCUT2D eigenvalue weighted by Gasteiger charge is 2.32. The third-order valence-corrected chi connectivity index (χ3v) is 6.26.